The number of benzene rings is 2. The lowest BCUT2D eigenvalue weighted by Crippen LogP contribution is -2.38. The van der Waals surface area contributed by atoms with Crippen molar-refractivity contribution in [1.29, 1.82) is 0 Å². The Hall–Kier alpha value is -2.53. The first-order chi connectivity index (χ1) is 13.1. The van der Waals surface area contributed by atoms with Gasteiger partial charge in [0.15, 0.2) is 0 Å². The van der Waals surface area contributed by atoms with Crippen LogP contribution in [0.1, 0.15) is 22.3 Å². The minimum atomic E-state index is -0.0787. The average Bonchev–Trinajstić information content (AvgIpc) is 2.95. The van der Waals surface area contributed by atoms with Gasteiger partial charge in [0.1, 0.15) is 5.75 Å². The molecule has 2 aromatic rings. The van der Waals surface area contributed by atoms with Gasteiger partial charge in [-0.1, -0.05) is 35.9 Å². The number of ether oxygens (including phenoxy) is 1. The van der Waals surface area contributed by atoms with Gasteiger partial charge in [-0.25, -0.2) is 0 Å². The fourth-order valence-corrected chi connectivity index (χ4v) is 3.42. The van der Waals surface area contributed by atoms with Crippen LogP contribution < -0.4 is 4.74 Å². The molecule has 1 heterocycles. The molecule has 0 spiro atoms. The summed E-state index contributed by atoms with van der Waals surface area (Å²) in [4.78, 5) is 29.0. The molecule has 0 saturated carbocycles. The van der Waals surface area contributed by atoms with Crippen molar-refractivity contribution in [2.24, 2.45) is 0 Å². The van der Waals surface area contributed by atoms with Crippen molar-refractivity contribution in [2.75, 3.05) is 33.3 Å². The molecule has 0 aliphatic carbocycles. The van der Waals surface area contributed by atoms with Gasteiger partial charge in [0.2, 0.25) is 5.91 Å². The number of methoxy groups -OCH3 is 1. The Kier molecular flexibility index (Phi) is 6.35. The molecule has 0 unspecified atom stereocenters. The Balaban J connectivity index is 1.59. The Morgan fingerprint density at radius 3 is 2.33 bits per heavy atom. The molecular formula is C21H23ClN2O3. The number of carbonyl (C=O) groups is 2. The summed E-state index contributed by atoms with van der Waals surface area (Å²) in [7, 11) is 1.62. The first-order valence-corrected chi connectivity index (χ1v) is 9.41. The second-order valence-corrected chi connectivity index (χ2v) is 6.94. The molecule has 1 aliphatic heterocycles. The molecule has 1 saturated heterocycles. The van der Waals surface area contributed by atoms with E-state index in [9.17, 15) is 9.59 Å². The molecule has 6 heteroatoms. The minimum absolute atomic E-state index is 0.0761. The van der Waals surface area contributed by atoms with Gasteiger partial charge in [-0.2, -0.15) is 0 Å². The van der Waals surface area contributed by atoms with E-state index in [1.165, 1.54) is 0 Å². The number of hydrogen-bond donors (Lipinski definition) is 0. The van der Waals surface area contributed by atoms with Crippen LogP contribution in [0.5, 0.6) is 5.75 Å². The molecule has 2 aromatic carbocycles. The minimum Gasteiger partial charge on any atom is -0.497 e. The molecule has 1 aliphatic rings. The summed E-state index contributed by atoms with van der Waals surface area (Å²) in [6, 6.07) is 14.6. The summed E-state index contributed by atoms with van der Waals surface area (Å²) >= 11 is 6.15. The van der Waals surface area contributed by atoms with E-state index >= 15 is 0 Å². The van der Waals surface area contributed by atoms with Crippen LogP contribution in [0.3, 0.4) is 0 Å². The quantitative estimate of drug-likeness (QED) is 0.810. The summed E-state index contributed by atoms with van der Waals surface area (Å²) in [6.45, 7) is 2.32. The Morgan fingerprint density at radius 2 is 1.63 bits per heavy atom. The maximum Gasteiger partial charge on any atom is 0.255 e. The van der Waals surface area contributed by atoms with Crippen molar-refractivity contribution >= 4 is 23.4 Å². The van der Waals surface area contributed by atoms with Crippen molar-refractivity contribution in [1.82, 2.24) is 9.80 Å². The van der Waals surface area contributed by atoms with Crippen molar-refractivity contribution in [3.63, 3.8) is 0 Å². The highest BCUT2D eigenvalue weighted by Gasteiger charge is 2.23. The normalized spacial score (nSPS) is 14.6. The number of halogens is 1. The second kappa shape index (κ2) is 8.91. The van der Waals surface area contributed by atoms with Gasteiger partial charge in [-0.3, -0.25) is 9.59 Å². The molecule has 5 nitrogen and oxygen atoms in total. The van der Waals surface area contributed by atoms with Crippen LogP contribution in [-0.2, 0) is 11.2 Å². The summed E-state index contributed by atoms with van der Waals surface area (Å²) < 4.78 is 5.14. The Bertz CT molecular complexity index is 807. The van der Waals surface area contributed by atoms with Gasteiger partial charge < -0.3 is 14.5 Å². The first-order valence-electron chi connectivity index (χ1n) is 9.03. The zero-order valence-electron chi connectivity index (χ0n) is 15.4. The fraction of sp³-hybridized carbons (Fsp3) is 0.333. The third kappa shape index (κ3) is 4.80. The van der Waals surface area contributed by atoms with Crippen LogP contribution in [0.25, 0.3) is 0 Å². The van der Waals surface area contributed by atoms with E-state index in [4.69, 9.17) is 16.3 Å². The summed E-state index contributed by atoms with van der Waals surface area (Å²) in [6.07, 6.45) is 1.10. The SMILES string of the molecule is COc1ccc(CC(=O)N2CCCN(C(=O)c3ccccc3Cl)CC2)cc1. The standard InChI is InChI=1S/C21H23ClN2O3/c1-27-17-9-7-16(8-10-17)15-20(25)23-11-4-12-24(14-13-23)21(26)18-5-2-3-6-19(18)22/h2-3,5-10H,4,11-15H2,1H3. The zero-order chi connectivity index (χ0) is 19.2. The van der Waals surface area contributed by atoms with E-state index in [0.29, 0.717) is 43.2 Å². The predicted octanol–water partition coefficient (Wildman–Crippen LogP) is 3.27. The van der Waals surface area contributed by atoms with Crippen molar-refractivity contribution in [3.8, 4) is 5.75 Å². The van der Waals surface area contributed by atoms with E-state index in [1.54, 1.807) is 30.2 Å². The average molecular weight is 387 g/mol. The summed E-state index contributed by atoms with van der Waals surface area (Å²) in [5, 5.41) is 0.458. The highest BCUT2D eigenvalue weighted by atomic mass is 35.5. The molecule has 0 atom stereocenters. The molecular weight excluding hydrogens is 364 g/mol. The molecule has 3 rings (SSSR count). The van der Waals surface area contributed by atoms with Gasteiger partial charge in [-0.15, -0.1) is 0 Å². The monoisotopic (exact) mass is 386 g/mol. The third-order valence-corrected chi connectivity index (χ3v) is 5.08. The Morgan fingerprint density at radius 1 is 0.963 bits per heavy atom. The van der Waals surface area contributed by atoms with Gasteiger partial charge in [0.05, 0.1) is 24.1 Å². The number of rotatable bonds is 4. The maximum atomic E-state index is 12.7. The molecule has 2 amide bonds. The summed E-state index contributed by atoms with van der Waals surface area (Å²) in [5.74, 6) is 0.770. The van der Waals surface area contributed by atoms with Crippen molar-refractivity contribution in [3.05, 3.63) is 64.7 Å². The number of hydrogen-bond acceptors (Lipinski definition) is 3. The largest absolute Gasteiger partial charge is 0.497 e. The van der Waals surface area contributed by atoms with Crippen LogP contribution in [0.4, 0.5) is 0 Å². The van der Waals surface area contributed by atoms with E-state index in [1.807, 2.05) is 35.2 Å². The zero-order valence-corrected chi connectivity index (χ0v) is 16.1. The van der Waals surface area contributed by atoms with Gasteiger partial charge in [-0.05, 0) is 36.2 Å². The third-order valence-electron chi connectivity index (χ3n) is 4.75. The summed E-state index contributed by atoms with van der Waals surface area (Å²) in [5.41, 5.74) is 1.46. The van der Waals surface area contributed by atoms with Crippen LogP contribution in [0, 0.1) is 0 Å². The molecule has 0 radical (unpaired) electrons. The maximum absolute atomic E-state index is 12.7. The molecule has 27 heavy (non-hydrogen) atoms. The first kappa shape index (κ1) is 19.2. The molecule has 1 fully saturated rings. The lowest BCUT2D eigenvalue weighted by atomic mass is 10.1. The number of nitrogens with zero attached hydrogens (tertiary/aromatic N) is 2. The van der Waals surface area contributed by atoms with Crippen molar-refractivity contribution < 1.29 is 14.3 Å². The van der Waals surface area contributed by atoms with Gasteiger partial charge in [0, 0.05) is 26.2 Å². The topological polar surface area (TPSA) is 49.9 Å². The molecule has 142 valence electrons. The smallest absolute Gasteiger partial charge is 0.255 e. The van der Waals surface area contributed by atoms with Crippen LogP contribution in [0.15, 0.2) is 48.5 Å². The van der Waals surface area contributed by atoms with Crippen molar-refractivity contribution in [2.45, 2.75) is 12.8 Å². The highest BCUT2D eigenvalue weighted by molar-refractivity contribution is 6.33. The molecule has 0 bridgehead atoms. The second-order valence-electron chi connectivity index (χ2n) is 6.53. The number of carbonyl (C=O) groups excluding carboxylic acids is 2. The van der Waals surface area contributed by atoms with E-state index in [2.05, 4.69) is 0 Å². The van der Waals surface area contributed by atoms with E-state index in [0.717, 1.165) is 17.7 Å². The van der Waals surface area contributed by atoms with Crippen LogP contribution in [0.2, 0.25) is 5.02 Å². The molecule has 0 N–H and O–H groups in total. The van der Waals surface area contributed by atoms with Gasteiger partial charge in [0.25, 0.3) is 5.91 Å². The predicted molar refractivity (Wildman–Crippen MR) is 105 cm³/mol. The Labute approximate surface area is 164 Å². The lowest BCUT2D eigenvalue weighted by Gasteiger charge is -2.22. The van der Waals surface area contributed by atoms with Crippen LogP contribution >= 0.6 is 11.6 Å². The van der Waals surface area contributed by atoms with Gasteiger partial charge >= 0.3 is 0 Å². The number of amides is 2. The van der Waals surface area contributed by atoms with Crippen LogP contribution in [-0.4, -0.2) is 54.9 Å². The van der Waals surface area contributed by atoms with E-state index < -0.39 is 0 Å². The van der Waals surface area contributed by atoms with E-state index in [-0.39, 0.29) is 11.8 Å². The highest BCUT2D eigenvalue weighted by Crippen LogP contribution is 2.18. The fourth-order valence-electron chi connectivity index (χ4n) is 3.20. The molecule has 0 aromatic heterocycles. The lowest BCUT2D eigenvalue weighted by molar-refractivity contribution is -0.130.